The largest absolute Gasteiger partial charge is 0.433 e. The van der Waals surface area contributed by atoms with Crippen LogP contribution in [0.3, 0.4) is 0 Å². The molecular weight excluding hydrogens is 413 g/mol. The molecule has 0 unspecified atom stereocenters. The summed E-state index contributed by atoms with van der Waals surface area (Å²) in [5.74, 6) is -0.654. The molecule has 0 spiro atoms. The van der Waals surface area contributed by atoms with E-state index in [0.29, 0.717) is 20.1 Å². The first-order valence-electron chi connectivity index (χ1n) is 7.90. The van der Waals surface area contributed by atoms with Crippen molar-refractivity contribution in [2.45, 2.75) is 6.18 Å². The molecule has 0 aliphatic heterocycles. The fourth-order valence-electron chi connectivity index (χ4n) is 2.57. The van der Waals surface area contributed by atoms with Gasteiger partial charge in [0, 0.05) is 16.8 Å². The number of anilines is 1. The second-order valence-corrected chi connectivity index (χ2v) is 7.15. The topological polar surface area (TPSA) is 59.3 Å². The quantitative estimate of drug-likeness (QED) is 0.482. The van der Waals surface area contributed by atoms with Crippen molar-refractivity contribution in [2.75, 3.05) is 5.32 Å². The van der Waals surface area contributed by atoms with Gasteiger partial charge in [-0.3, -0.25) is 4.79 Å². The molecule has 10 heteroatoms. The van der Waals surface area contributed by atoms with Gasteiger partial charge in [0.15, 0.2) is 17.0 Å². The zero-order valence-corrected chi connectivity index (χ0v) is 15.4. The highest BCUT2D eigenvalue weighted by Crippen LogP contribution is 2.33. The van der Waals surface area contributed by atoms with E-state index in [2.05, 4.69) is 15.4 Å². The van der Waals surface area contributed by atoms with Crippen LogP contribution in [-0.2, 0) is 6.18 Å². The van der Waals surface area contributed by atoms with Gasteiger partial charge in [-0.05, 0) is 41.8 Å². The van der Waals surface area contributed by atoms with E-state index in [1.54, 1.807) is 41.8 Å². The molecule has 4 rings (SSSR count). The molecule has 4 aromatic rings. The third-order valence-corrected chi connectivity index (χ3v) is 4.97. The number of alkyl halides is 3. The molecule has 5 nitrogen and oxygen atoms in total. The zero-order chi connectivity index (χ0) is 19.9. The Hall–Kier alpha value is -2.91. The van der Waals surface area contributed by atoms with E-state index in [1.807, 2.05) is 0 Å². The fraction of sp³-hybridized carbons (Fsp3) is 0.0556. The minimum Gasteiger partial charge on any atom is -0.321 e. The van der Waals surface area contributed by atoms with E-state index in [0.717, 1.165) is 6.07 Å². The third kappa shape index (κ3) is 3.58. The Bertz CT molecular complexity index is 1150. The van der Waals surface area contributed by atoms with Gasteiger partial charge in [0.05, 0.1) is 10.6 Å². The van der Waals surface area contributed by atoms with Crippen molar-refractivity contribution in [1.29, 1.82) is 0 Å². The van der Waals surface area contributed by atoms with Gasteiger partial charge < -0.3 is 5.32 Å². The number of benzene rings is 1. The van der Waals surface area contributed by atoms with E-state index < -0.39 is 17.8 Å². The molecule has 0 radical (unpaired) electrons. The van der Waals surface area contributed by atoms with Crippen LogP contribution in [0.2, 0.25) is 5.02 Å². The second-order valence-electron chi connectivity index (χ2n) is 5.76. The van der Waals surface area contributed by atoms with Crippen molar-refractivity contribution in [2.24, 2.45) is 0 Å². The molecule has 0 saturated heterocycles. The lowest BCUT2D eigenvalue weighted by atomic mass is 10.2. The molecule has 0 fully saturated rings. The van der Waals surface area contributed by atoms with Crippen LogP contribution in [0, 0.1) is 0 Å². The van der Waals surface area contributed by atoms with Crippen molar-refractivity contribution in [3.05, 3.63) is 70.3 Å². The minimum absolute atomic E-state index is 0.0699. The lowest BCUT2D eigenvalue weighted by Crippen LogP contribution is -2.15. The maximum absolute atomic E-state index is 13.5. The molecular formula is C18H10ClF3N4OS. The standard InChI is InChI=1S/C18H10ClF3N4OS/c19-10-3-5-11(6-4-10)23-17(27)13-9-16-24-12(14-2-1-7-28-14)8-15(18(20,21)22)26(16)25-13/h1-9H,(H,23,27). The van der Waals surface area contributed by atoms with E-state index in [-0.39, 0.29) is 17.0 Å². The summed E-state index contributed by atoms with van der Waals surface area (Å²) in [6.07, 6.45) is -4.66. The molecule has 0 bridgehead atoms. The average Bonchev–Trinajstić information content (AvgIpc) is 3.31. The summed E-state index contributed by atoms with van der Waals surface area (Å²) >= 11 is 7.06. The third-order valence-electron chi connectivity index (χ3n) is 3.83. The summed E-state index contributed by atoms with van der Waals surface area (Å²) in [6, 6.07) is 11.8. The zero-order valence-electron chi connectivity index (χ0n) is 13.9. The van der Waals surface area contributed by atoms with Crippen LogP contribution in [-0.4, -0.2) is 20.5 Å². The van der Waals surface area contributed by atoms with Gasteiger partial charge in [-0.1, -0.05) is 17.7 Å². The summed E-state index contributed by atoms with van der Waals surface area (Å²) in [4.78, 5) is 17.2. The number of hydrogen-bond acceptors (Lipinski definition) is 4. The van der Waals surface area contributed by atoms with Gasteiger partial charge in [-0.2, -0.15) is 18.3 Å². The van der Waals surface area contributed by atoms with E-state index in [4.69, 9.17) is 11.6 Å². The Morgan fingerprint density at radius 2 is 1.89 bits per heavy atom. The lowest BCUT2D eigenvalue weighted by Gasteiger charge is -2.10. The monoisotopic (exact) mass is 422 g/mol. The molecule has 0 atom stereocenters. The summed E-state index contributed by atoms with van der Waals surface area (Å²) in [5.41, 5.74) is -0.656. The van der Waals surface area contributed by atoms with Gasteiger partial charge in [0.25, 0.3) is 5.91 Å². The van der Waals surface area contributed by atoms with E-state index >= 15 is 0 Å². The number of nitrogens with zero attached hydrogens (tertiary/aromatic N) is 3. The van der Waals surface area contributed by atoms with Gasteiger partial charge in [-0.25, -0.2) is 9.50 Å². The summed E-state index contributed by atoms with van der Waals surface area (Å²) in [5, 5.41) is 8.62. The maximum atomic E-state index is 13.5. The summed E-state index contributed by atoms with van der Waals surface area (Å²) < 4.78 is 41.2. The van der Waals surface area contributed by atoms with E-state index in [9.17, 15) is 18.0 Å². The molecule has 0 aliphatic carbocycles. The number of rotatable bonds is 3. The first-order chi connectivity index (χ1) is 13.3. The first-order valence-corrected chi connectivity index (χ1v) is 9.16. The minimum atomic E-state index is -4.66. The number of carbonyl (C=O) groups excluding carboxylic acids is 1. The fourth-order valence-corrected chi connectivity index (χ4v) is 3.38. The average molecular weight is 423 g/mol. The Balaban J connectivity index is 1.77. The van der Waals surface area contributed by atoms with Crippen molar-refractivity contribution in [1.82, 2.24) is 14.6 Å². The van der Waals surface area contributed by atoms with Gasteiger partial charge >= 0.3 is 6.18 Å². The molecule has 3 aromatic heterocycles. The number of carbonyl (C=O) groups is 1. The number of fused-ring (bicyclic) bond motifs is 1. The van der Waals surface area contributed by atoms with Gasteiger partial charge in [-0.15, -0.1) is 11.3 Å². The van der Waals surface area contributed by atoms with Crippen LogP contribution in [0.5, 0.6) is 0 Å². The predicted molar refractivity (Wildman–Crippen MR) is 101 cm³/mol. The number of amides is 1. The SMILES string of the molecule is O=C(Nc1ccc(Cl)cc1)c1cc2nc(-c3cccs3)cc(C(F)(F)F)n2n1. The Labute approximate surface area is 165 Å². The van der Waals surface area contributed by atoms with Crippen molar-refractivity contribution < 1.29 is 18.0 Å². The highest BCUT2D eigenvalue weighted by atomic mass is 35.5. The normalized spacial score (nSPS) is 11.7. The number of thiophene rings is 1. The van der Waals surface area contributed by atoms with E-state index in [1.165, 1.54) is 17.4 Å². The maximum Gasteiger partial charge on any atom is 0.433 e. The molecule has 28 heavy (non-hydrogen) atoms. The molecule has 1 amide bonds. The van der Waals surface area contributed by atoms with Crippen LogP contribution < -0.4 is 5.32 Å². The Morgan fingerprint density at radius 3 is 2.54 bits per heavy atom. The van der Waals surface area contributed by atoms with Crippen molar-refractivity contribution in [3.63, 3.8) is 0 Å². The first kappa shape index (κ1) is 18.5. The molecule has 0 saturated carbocycles. The van der Waals surface area contributed by atoms with Crippen LogP contribution in [0.15, 0.2) is 53.9 Å². The van der Waals surface area contributed by atoms with Crippen LogP contribution in [0.25, 0.3) is 16.2 Å². The highest BCUT2D eigenvalue weighted by molar-refractivity contribution is 7.13. The summed E-state index contributed by atoms with van der Waals surface area (Å²) in [7, 11) is 0. The number of nitrogens with one attached hydrogen (secondary N) is 1. The van der Waals surface area contributed by atoms with Crippen molar-refractivity contribution in [3.8, 4) is 10.6 Å². The predicted octanol–water partition coefficient (Wildman–Crippen LogP) is 5.38. The second kappa shape index (κ2) is 6.92. The van der Waals surface area contributed by atoms with Crippen LogP contribution >= 0.6 is 22.9 Å². The van der Waals surface area contributed by atoms with Crippen LogP contribution in [0.1, 0.15) is 16.2 Å². The number of aromatic nitrogens is 3. The molecule has 1 aromatic carbocycles. The Kier molecular flexibility index (Phi) is 4.56. The molecule has 0 aliphatic rings. The smallest absolute Gasteiger partial charge is 0.321 e. The summed E-state index contributed by atoms with van der Waals surface area (Å²) in [6.45, 7) is 0. The lowest BCUT2D eigenvalue weighted by molar-refractivity contribution is -0.142. The Morgan fingerprint density at radius 1 is 1.14 bits per heavy atom. The molecule has 1 N–H and O–H groups in total. The molecule has 3 heterocycles. The number of halogens is 4. The van der Waals surface area contributed by atoms with Crippen LogP contribution in [0.4, 0.5) is 18.9 Å². The number of hydrogen-bond donors (Lipinski definition) is 1. The van der Waals surface area contributed by atoms with Crippen molar-refractivity contribution >= 4 is 40.2 Å². The molecule has 142 valence electrons. The highest BCUT2D eigenvalue weighted by Gasteiger charge is 2.35. The van der Waals surface area contributed by atoms with Gasteiger partial charge in [0.1, 0.15) is 0 Å². The van der Waals surface area contributed by atoms with Gasteiger partial charge in [0.2, 0.25) is 0 Å².